The third-order valence-corrected chi connectivity index (χ3v) is 7.76. The van der Waals surface area contributed by atoms with Crippen molar-refractivity contribution in [3.8, 4) is 0 Å². The molecule has 0 aromatic heterocycles. The number of carbonyl (C=O) groups is 1. The van der Waals surface area contributed by atoms with Crippen LogP contribution in [0.1, 0.15) is 77.6 Å². The van der Waals surface area contributed by atoms with Gasteiger partial charge in [-0.3, -0.25) is 0 Å². The van der Waals surface area contributed by atoms with Crippen LogP contribution in [0, 0.1) is 17.8 Å². The van der Waals surface area contributed by atoms with Crippen molar-refractivity contribution in [1.29, 1.82) is 0 Å². The molecule has 3 rings (SSSR count). The van der Waals surface area contributed by atoms with Crippen molar-refractivity contribution in [3.05, 3.63) is 0 Å². The van der Waals surface area contributed by atoms with Crippen LogP contribution in [-0.4, -0.2) is 54.5 Å². The standard InChI is InChI=1S/C23H40ClNO4/c1-2-28-23(27)15-29-21-10-9-16-5-4-8-20(12-18(16)13-21)25-14-22(26)17-6-3-7-19(24)11-17/h16-22,25-26H,2-15H2,1H3. The molecule has 0 radical (unpaired) electrons. The van der Waals surface area contributed by atoms with Crippen molar-refractivity contribution >= 4 is 17.6 Å². The van der Waals surface area contributed by atoms with E-state index in [2.05, 4.69) is 5.32 Å². The second kappa shape index (κ2) is 11.9. The van der Waals surface area contributed by atoms with E-state index < -0.39 is 0 Å². The fourth-order valence-electron chi connectivity index (χ4n) is 5.76. The van der Waals surface area contributed by atoms with Gasteiger partial charge in [0.1, 0.15) is 6.61 Å². The minimum absolute atomic E-state index is 0.0761. The van der Waals surface area contributed by atoms with Crippen molar-refractivity contribution in [3.63, 3.8) is 0 Å². The normalized spacial score (nSPS) is 36.7. The zero-order valence-electron chi connectivity index (χ0n) is 18.0. The highest BCUT2D eigenvalue weighted by molar-refractivity contribution is 6.20. The fourth-order valence-corrected chi connectivity index (χ4v) is 6.14. The molecule has 0 spiro atoms. The molecule has 0 heterocycles. The number of esters is 1. The van der Waals surface area contributed by atoms with Crippen LogP contribution in [0.5, 0.6) is 0 Å². The zero-order valence-corrected chi connectivity index (χ0v) is 18.7. The van der Waals surface area contributed by atoms with E-state index in [0.29, 0.717) is 31.0 Å². The molecule has 7 atom stereocenters. The van der Waals surface area contributed by atoms with E-state index in [1.54, 1.807) is 0 Å². The van der Waals surface area contributed by atoms with E-state index in [9.17, 15) is 9.90 Å². The molecular formula is C23H40ClNO4. The Kier molecular flexibility index (Phi) is 9.54. The van der Waals surface area contributed by atoms with Gasteiger partial charge in [0.2, 0.25) is 0 Å². The Balaban J connectivity index is 1.43. The monoisotopic (exact) mass is 429 g/mol. The summed E-state index contributed by atoms with van der Waals surface area (Å²) in [4.78, 5) is 11.6. The van der Waals surface area contributed by atoms with Gasteiger partial charge >= 0.3 is 5.97 Å². The minimum atomic E-state index is -0.289. The lowest BCUT2D eigenvalue weighted by Crippen LogP contribution is -2.41. The summed E-state index contributed by atoms with van der Waals surface area (Å²) in [5.41, 5.74) is 0. The number of fused-ring (bicyclic) bond motifs is 1. The summed E-state index contributed by atoms with van der Waals surface area (Å²) in [7, 11) is 0. The second-order valence-electron chi connectivity index (χ2n) is 9.43. The molecule has 3 saturated carbocycles. The first-order valence-electron chi connectivity index (χ1n) is 11.9. The highest BCUT2D eigenvalue weighted by Gasteiger charge is 2.35. The van der Waals surface area contributed by atoms with Gasteiger partial charge in [0.25, 0.3) is 0 Å². The number of nitrogens with one attached hydrogen (secondary N) is 1. The molecule has 0 amide bonds. The van der Waals surface area contributed by atoms with Crippen LogP contribution in [0.4, 0.5) is 0 Å². The van der Waals surface area contributed by atoms with E-state index >= 15 is 0 Å². The molecule has 0 aromatic carbocycles. The van der Waals surface area contributed by atoms with Crippen molar-refractivity contribution in [1.82, 2.24) is 5.32 Å². The summed E-state index contributed by atoms with van der Waals surface area (Å²) in [5, 5.41) is 14.6. The summed E-state index contributed by atoms with van der Waals surface area (Å²) in [5.74, 6) is 1.51. The van der Waals surface area contributed by atoms with Crippen LogP contribution in [0.2, 0.25) is 0 Å². The van der Waals surface area contributed by atoms with E-state index in [0.717, 1.165) is 50.9 Å². The summed E-state index contributed by atoms with van der Waals surface area (Å²) in [6, 6.07) is 0.471. The molecule has 168 valence electrons. The summed E-state index contributed by atoms with van der Waals surface area (Å²) in [6.07, 6.45) is 12.3. The molecule has 0 aliphatic heterocycles. The molecule has 29 heavy (non-hydrogen) atoms. The largest absolute Gasteiger partial charge is 0.464 e. The lowest BCUT2D eigenvalue weighted by atomic mass is 9.75. The van der Waals surface area contributed by atoms with Crippen LogP contribution in [0.15, 0.2) is 0 Å². The molecule has 0 bridgehead atoms. The molecule has 6 heteroatoms. The van der Waals surface area contributed by atoms with E-state index in [-0.39, 0.29) is 30.2 Å². The van der Waals surface area contributed by atoms with Crippen LogP contribution in [-0.2, 0) is 14.3 Å². The van der Waals surface area contributed by atoms with Crippen molar-refractivity contribution in [2.45, 2.75) is 101 Å². The average molecular weight is 430 g/mol. The maximum absolute atomic E-state index is 11.6. The first kappa shape index (κ1) is 23.3. The first-order chi connectivity index (χ1) is 14.0. The van der Waals surface area contributed by atoms with Gasteiger partial charge in [-0.2, -0.15) is 0 Å². The molecule has 2 N–H and O–H groups in total. The Hall–Kier alpha value is -0.360. The van der Waals surface area contributed by atoms with Gasteiger partial charge < -0.3 is 19.9 Å². The van der Waals surface area contributed by atoms with Crippen molar-refractivity contribution in [2.24, 2.45) is 17.8 Å². The smallest absolute Gasteiger partial charge is 0.332 e. The maximum atomic E-state index is 11.6. The maximum Gasteiger partial charge on any atom is 0.332 e. The Labute approximate surface area is 181 Å². The van der Waals surface area contributed by atoms with Crippen LogP contribution >= 0.6 is 11.6 Å². The number of ether oxygens (including phenoxy) is 2. The number of aliphatic hydroxyl groups is 1. The number of rotatable bonds is 8. The number of hydrogen-bond acceptors (Lipinski definition) is 5. The van der Waals surface area contributed by atoms with E-state index in [4.69, 9.17) is 21.1 Å². The van der Waals surface area contributed by atoms with E-state index in [1.165, 1.54) is 25.7 Å². The van der Waals surface area contributed by atoms with Gasteiger partial charge in [-0.15, -0.1) is 11.6 Å². The average Bonchev–Trinajstić information content (AvgIpc) is 2.92. The number of aliphatic hydroxyl groups excluding tert-OH is 1. The summed E-state index contributed by atoms with van der Waals surface area (Å²) in [6.45, 7) is 2.98. The van der Waals surface area contributed by atoms with Crippen molar-refractivity contribution in [2.75, 3.05) is 19.8 Å². The lowest BCUT2D eigenvalue weighted by molar-refractivity contribution is -0.151. The van der Waals surface area contributed by atoms with Gasteiger partial charge in [0.15, 0.2) is 0 Å². The predicted molar refractivity (Wildman–Crippen MR) is 115 cm³/mol. The third kappa shape index (κ3) is 7.37. The van der Waals surface area contributed by atoms with Gasteiger partial charge in [0, 0.05) is 18.0 Å². The van der Waals surface area contributed by atoms with Gasteiger partial charge in [-0.25, -0.2) is 4.79 Å². The fraction of sp³-hybridized carbons (Fsp3) is 0.957. The zero-order chi connectivity index (χ0) is 20.6. The van der Waals surface area contributed by atoms with Crippen LogP contribution < -0.4 is 5.32 Å². The minimum Gasteiger partial charge on any atom is -0.464 e. The molecule has 7 unspecified atom stereocenters. The second-order valence-corrected chi connectivity index (χ2v) is 10.1. The quantitative estimate of drug-likeness (QED) is 0.450. The van der Waals surface area contributed by atoms with Gasteiger partial charge in [-0.1, -0.05) is 19.3 Å². The van der Waals surface area contributed by atoms with Crippen LogP contribution in [0.25, 0.3) is 0 Å². The summed E-state index contributed by atoms with van der Waals surface area (Å²) >= 11 is 6.31. The number of alkyl halides is 1. The topological polar surface area (TPSA) is 67.8 Å². The lowest BCUT2D eigenvalue weighted by Gasteiger charge is -2.36. The number of carbonyl (C=O) groups excluding carboxylic acids is 1. The SMILES string of the molecule is CCOC(=O)COC1CCC2CCCC(NCC(O)C3CCCC(Cl)C3)CC2C1. The van der Waals surface area contributed by atoms with Crippen molar-refractivity contribution < 1.29 is 19.4 Å². The first-order valence-corrected chi connectivity index (χ1v) is 12.3. The Morgan fingerprint density at radius 2 is 1.90 bits per heavy atom. The van der Waals surface area contributed by atoms with Gasteiger partial charge in [0.05, 0.1) is 18.8 Å². The molecule has 3 aliphatic carbocycles. The third-order valence-electron chi connectivity index (χ3n) is 7.36. The molecule has 0 saturated heterocycles. The number of halogens is 1. The number of hydrogen-bond donors (Lipinski definition) is 2. The Morgan fingerprint density at radius 3 is 2.69 bits per heavy atom. The molecule has 3 fully saturated rings. The molecule has 0 aromatic rings. The molecule has 5 nitrogen and oxygen atoms in total. The summed E-state index contributed by atoms with van der Waals surface area (Å²) < 4.78 is 10.8. The predicted octanol–water partition coefficient (Wildman–Crippen LogP) is 4.04. The Morgan fingerprint density at radius 1 is 1.07 bits per heavy atom. The molecule has 3 aliphatic rings. The van der Waals surface area contributed by atoms with E-state index in [1.807, 2.05) is 6.92 Å². The van der Waals surface area contributed by atoms with Crippen LogP contribution in [0.3, 0.4) is 0 Å². The Bertz CT molecular complexity index is 505. The van der Waals surface area contributed by atoms with Gasteiger partial charge in [-0.05, 0) is 76.0 Å². The highest BCUT2D eigenvalue weighted by Crippen LogP contribution is 2.40. The molecular weight excluding hydrogens is 390 g/mol. The highest BCUT2D eigenvalue weighted by atomic mass is 35.5.